The van der Waals surface area contributed by atoms with E-state index in [1.807, 2.05) is 0 Å². The molecule has 0 aliphatic carbocycles. The van der Waals surface area contributed by atoms with Crippen LogP contribution >= 0.6 is 11.6 Å². The molecule has 0 unspecified atom stereocenters. The number of aromatic nitrogens is 3. The molecular formula is C9H14ClN5. The van der Waals surface area contributed by atoms with Crippen LogP contribution in [0.4, 0.5) is 5.82 Å². The van der Waals surface area contributed by atoms with Gasteiger partial charge in [0.25, 0.3) is 0 Å². The minimum Gasteiger partial charge on any atom is -0.367 e. The largest absolute Gasteiger partial charge is 0.367 e. The Hall–Kier alpha value is -0.940. The van der Waals surface area contributed by atoms with Crippen LogP contribution in [0.15, 0.2) is 6.20 Å². The maximum atomic E-state index is 5.62. The fraction of sp³-hybridized carbons (Fsp3) is 0.667. The lowest BCUT2D eigenvalue weighted by atomic mass is 10.4. The predicted molar refractivity (Wildman–Crippen MR) is 59.0 cm³/mol. The van der Waals surface area contributed by atoms with Crippen LogP contribution in [0.2, 0.25) is 5.28 Å². The summed E-state index contributed by atoms with van der Waals surface area (Å²) >= 11 is 5.62. The number of likely N-dealkylation sites (tertiary alicyclic amines) is 1. The second-order valence-electron chi connectivity index (χ2n) is 3.59. The van der Waals surface area contributed by atoms with Crippen LogP contribution in [-0.2, 0) is 0 Å². The Bertz CT molecular complexity index is 313. The van der Waals surface area contributed by atoms with Crippen molar-refractivity contribution in [2.45, 2.75) is 12.8 Å². The van der Waals surface area contributed by atoms with Crippen molar-refractivity contribution < 1.29 is 0 Å². The van der Waals surface area contributed by atoms with E-state index in [-0.39, 0.29) is 5.28 Å². The van der Waals surface area contributed by atoms with Gasteiger partial charge in [0.2, 0.25) is 5.28 Å². The van der Waals surface area contributed by atoms with Crippen molar-refractivity contribution in [1.29, 1.82) is 0 Å². The third-order valence-electron chi connectivity index (χ3n) is 2.47. The highest BCUT2D eigenvalue weighted by atomic mass is 35.5. The Morgan fingerprint density at radius 1 is 1.40 bits per heavy atom. The van der Waals surface area contributed by atoms with E-state index in [0.29, 0.717) is 5.82 Å². The molecule has 0 radical (unpaired) electrons. The Morgan fingerprint density at radius 3 is 2.93 bits per heavy atom. The van der Waals surface area contributed by atoms with Gasteiger partial charge in [-0.05, 0) is 37.5 Å². The number of hydrogen-bond donors (Lipinski definition) is 1. The van der Waals surface area contributed by atoms with Crippen molar-refractivity contribution in [1.82, 2.24) is 20.1 Å². The third kappa shape index (κ3) is 3.28. The molecule has 1 aliphatic heterocycles. The average Bonchev–Trinajstić information content (AvgIpc) is 2.71. The Labute approximate surface area is 93.9 Å². The van der Waals surface area contributed by atoms with Crippen LogP contribution in [0.5, 0.6) is 0 Å². The molecule has 5 nitrogen and oxygen atoms in total. The molecule has 1 aromatic heterocycles. The first-order chi connectivity index (χ1) is 7.34. The maximum absolute atomic E-state index is 5.62. The van der Waals surface area contributed by atoms with E-state index in [9.17, 15) is 0 Å². The van der Waals surface area contributed by atoms with Crippen molar-refractivity contribution in [2.75, 3.05) is 31.5 Å². The van der Waals surface area contributed by atoms with E-state index < -0.39 is 0 Å². The lowest BCUT2D eigenvalue weighted by molar-refractivity contribution is 0.352. The first-order valence-corrected chi connectivity index (χ1v) is 5.54. The second-order valence-corrected chi connectivity index (χ2v) is 3.92. The lowest BCUT2D eigenvalue weighted by Crippen LogP contribution is -2.26. The SMILES string of the molecule is Clc1nncc(NCCN2CCCC2)n1. The second kappa shape index (κ2) is 5.23. The van der Waals surface area contributed by atoms with Crippen molar-refractivity contribution in [3.05, 3.63) is 11.5 Å². The van der Waals surface area contributed by atoms with Crippen LogP contribution in [0.1, 0.15) is 12.8 Å². The van der Waals surface area contributed by atoms with Gasteiger partial charge in [0.1, 0.15) is 5.82 Å². The number of anilines is 1. The number of halogens is 1. The number of rotatable bonds is 4. The average molecular weight is 228 g/mol. The molecule has 1 aliphatic rings. The quantitative estimate of drug-likeness (QED) is 0.833. The summed E-state index contributed by atoms with van der Waals surface area (Å²) in [7, 11) is 0. The Morgan fingerprint density at radius 2 is 2.20 bits per heavy atom. The van der Waals surface area contributed by atoms with Crippen LogP contribution < -0.4 is 5.32 Å². The number of hydrogen-bond acceptors (Lipinski definition) is 5. The summed E-state index contributed by atoms with van der Waals surface area (Å²) in [6, 6.07) is 0. The van der Waals surface area contributed by atoms with E-state index in [0.717, 1.165) is 13.1 Å². The first kappa shape index (κ1) is 10.6. The van der Waals surface area contributed by atoms with Gasteiger partial charge in [-0.2, -0.15) is 10.1 Å². The van der Waals surface area contributed by atoms with Gasteiger partial charge in [-0.25, -0.2) is 0 Å². The molecule has 2 heterocycles. The Balaban J connectivity index is 1.73. The fourth-order valence-corrected chi connectivity index (χ4v) is 1.85. The molecule has 82 valence electrons. The molecule has 0 spiro atoms. The molecule has 1 fully saturated rings. The fourth-order valence-electron chi connectivity index (χ4n) is 1.72. The Kier molecular flexibility index (Phi) is 3.69. The lowest BCUT2D eigenvalue weighted by Gasteiger charge is -2.14. The molecule has 0 saturated carbocycles. The van der Waals surface area contributed by atoms with Crippen LogP contribution in [0.25, 0.3) is 0 Å². The highest BCUT2D eigenvalue weighted by Gasteiger charge is 2.10. The van der Waals surface area contributed by atoms with E-state index in [2.05, 4.69) is 25.4 Å². The molecule has 1 aromatic rings. The standard InChI is InChI=1S/C9H14ClN5/c10-9-13-8(7-12-14-9)11-3-6-15-4-1-2-5-15/h7H,1-6H2,(H,11,13,14). The molecular weight excluding hydrogens is 214 g/mol. The van der Waals surface area contributed by atoms with Gasteiger partial charge in [-0.1, -0.05) is 0 Å². The highest BCUT2D eigenvalue weighted by molar-refractivity contribution is 6.28. The normalized spacial score (nSPS) is 16.9. The van der Waals surface area contributed by atoms with Gasteiger partial charge < -0.3 is 10.2 Å². The van der Waals surface area contributed by atoms with Gasteiger partial charge in [0.05, 0.1) is 6.20 Å². The summed E-state index contributed by atoms with van der Waals surface area (Å²) in [5.41, 5.74) is 0. The van der Waals surface area contributed by atoms with Gasteiger partial charge in [-0.3, -0.25) is 0 Å². The van der Waals surface area contributed by atoms with E-state index in [1.165, 1.54) is 25.9 Å². The van der Waals surface area contributed by atoms with Crippen LogP contribution in [0.3, 0.4) is 0 Å². The van der Waals surface area contributed by atoms with Crippen molar-refractivity contribution in [3.63, 3.8) is 0 Å². The predicted octanol–water partition coefficient (Wildman–Crippen LogP) is 1.03. The van der Waals surface area contributed by atoms with Gasteiger partial charge >= 0.3 is 0 Å². The summed E-state index contributed by atoms with van der Waals surface area (Å²) in [6.07, 6.45) is 4.22. The van der Waals surface area contributed by atoms with E-state index in [4.69, 9.17) is 11.6 Å². The highest BCUT2D eigenvalue weighted by Crippen LogP contribution is 2.07. The monoisotopic (exact) mass is 227 g/mol. The maximum Gasteiger partial charge on any atom is 0.244 e. The van der Waals surface area contributed by atoms with Gasteiger partial charge in [0.15, 0.2) is 0 Å². The molecule has 15 heavy (non-hydrogen) atoms. The van der Waals surface area contributed by atoms with Gasteiger partial charge in [-0.15, -0.1) is 5.10 Å². The van der Waals surface area contributed by atoms with Gasteiger partial charge in [0, 0.05) is 13.1 Å². The van der Waals surface area contributed by atoms with Crippen molar-refractivity contribution >= 4 is 17.4 Å². The number of nitrogens with zero attached hydrogens (tertiary/aromatic N) is 4. The van der Waals surface area contributed by atoms with Crippen LogP contribution in [0, 0.1) is 0 Å². The van der Waals surface area contributed by atoms with Crippen LogP contribution in [-0.4, -0.2) is 46.3 Å². The summed E-state index contributed by atoms with van der Waals surface area (Å²) in [5, 5.41) is 10.6. The minimum atomic E-state index is 0.182. The molecule has 1 N–H and O–H groups in total. The molecule has 0 amide bonds. The smallest absolute Gasteiger partial charge is 0.244 e. The topological polar surface area (TPSA) is 53.9 Å². The number of nitrogens with one attached hydrogen (secondary N) is 1. The summed E-state index contributed by atoms with van der Waals surface area (Å²) in [4.78, 5) is 6.43. The molecule has 0 bridgehead atoms. The zero-order chi connectivity index (χ0) is 10.5. The first-order valence-electron chi connectivity index (χ1n) is 5.16. The third-order valence-corrected chi connectivity index (χ3v) is 2.63. The minimum absolute atomic E-state index is 0.182. The van der Waals surface area contributed by atoms with E-state index in [1.54, 1.807) is 6.20 Å². The molecule has 2 rings (SSSR count). The summed E-state index contributed by atoms with van der Waals surface area (Å²) in [5.74, 6) is 0.689. The zero-order valence-electron chi connectivity index (χ0n) is 8.49. The molecule has 6 heteroatoms. The summed E-state index contributed by atoms with van der Waals surface area (Å²) < 4.78 is 0. The van der Waals surface area contributed by atoms with Crippen molar-refractivity contribution in [2.24, 2.45) is 0 Å². The molecule has 0 aromatic carbocycles. The van der Waals surface area contributed by atoms with Crippen molar-refractivity contribution in [3.8, 4) is 0 Å². The zero-order valence-corrected chi connectivity index (χ0v) is 9.24. The van der Waals surface area contributed by atoms with E-state index >= 15 is 0 Å². The summed E-state index contributed by atoms with van der Waals surface area (Å²) in [6.45, 7) is 4.34. The molecule has 1 saturated heterocycles. The molecule has 0 atom stereocenters.